The van der Waals surface area contributed by atoms with Crippen molar-refractivity contribution >= 4 is 5.91 Å². The molecule has 1 amide bonds. The number of aryl methyl sites for hydroxylation is 1. The van der Waals surface area contributed by atoms with Crippen LogP contribution in [0, 0.1) is 11.8 Å². The summed E-state index contributed by atoms with van der Waals surface area (Å²) in [7, 11) is 1.23. The van der Waals surface area contributed by atoms with Gasteiger partial charge in [0.2, 0.25) is 11.8 Å². The molecule has 8 heteroatoms. The van der Waals surface area contributed by atoms with Crippen molar-refractivity contribution in [3.63, 3.8) is 0 Å². The number of likely N-dealkylation sites (tertiary alicyclic amines) is 1. The molecule has 2 fully saturated rings. The molecule has 0 unspecified atom stereocenters. The molecule has 2 atom stereocenters. The fraction of sp³-hybridized carbons (Fsp3) is 0.733. The zero-order valence-electron chi connectivity index (χ0n) is 13.0. The maximum absolute atomic E-state index is 12.7. The van der Waals surface area contributed by atoms with Gasteiger partial charge in [0, 0.05) is 38.0 Å². The first-order valence-corrected chi connectivity index (χ1v) is 7.89. The van der Waals surface area contributed by atoms with Gasteiger partial charge in [0.05, 0.1) is 6.61 Å². The largest absolute Gasteiger partial charge is 0.476 e. The molecule has 2 heterocycles. The number of aromatic nitrogens is 2. The van der Waals surface area contributed by atoms with E-state index in [4.69, 9.17) is 4.74 Å². The lowest BCUT2D eigenvalue weighted by Crippen LogP contribution is -2.44. The molecule has 3 rings (SSSR count). The van der Waals surface area contributed by atoms with Crippen LogP contribution in [0.5, 0.6) is 5.88 Å². The first-order chi connectivity index (χ1) is 10.9. The summed E-state index contributed by atoms with van der Waals surface area (Å²) in [5.74, 6) is 0.136. The van der Waals surface area contributed by atoms with Crippen molar-refractivity contribution in [2.45, 2.75) is 31.9 Å². The van der Waals surface area contributed by atoms with Crippen LogP contribution in [0.2, 0.25) is 0 Å². The van der Waals surface area contributed by atoms with Crippen molar-refractivity contribution in [2.75, 3.05) is 19.7 Å². The second-order valence-electron chi connectivity index (χ2n) is 6.28. The molecule has 0 spiro atoms. The van der Waals surface area contributed by atoms with Crippen molar-refractivity contribution in [1.82, 2.24) is 14.7 Å². The summed E-state index contributed by atoms with van der Waals surface area (Å²) in [6.45, 7) is 1.87. The van der Waals surface area contributed by atoms with Crippen LogP contribution in [0.15, 0.2) is 6.07 Å². The fourth-order valence-corrected chi connectivity index (χ4v) is 3.23. The standard InChI is InChI=1S/C15H20F3N3O2/c1-20-12(15(16,17)18)8-13(19-20)23-9-10-4-5-11(10)14(22)21-6-2-3-7-21/h8,10-11H,2-7,9H2,1H3/t10-,11+/m0/s1. The Morgan fingerprint density at radius 1 is 1.35 bits per heavy atom. The molecule has 1 aliphatic heterocycles. The number of ether oxygens (including phenoxy) is 1. The molecule has 0 N–H and O–H groups in total. The van der Waals surface area contributed by atoms with Gasteiger partial charge in [-0.15, -0.1) is 5.10 Å². The molecular formula is C15H20F3N3O2. The summed E-state index contributed by atoms with van der Waals surface area (Å²) < 4.78 is 44.3. The SMILES string of the molecule is Cn1nc(OC[C@@H]2CC[C@H]2C(=O)N2CCCC2)cc1C(F)(F)F. The number of amides is 1. The van der Waals surface area contributed by atoms with E-state index in [1.54, 1.807) is 0 Å². The van der Waals surface area contributed by atoms with Crippen molar-refractivity contribution in [3.8, 4) is 5.88 Å². The highest BCUT2D eigenvalue weighted by molar-refractivity contribution is 5.80. The first kappa shape index (κ1) is 16.1. The second-order valence-corrected chi connectivity index (χ2v) is 6.28. The maximum atomic E-state index is 12.7. The molecule has 1 aromatic heterocycles. The molecule has 1 aromatic rings. The van der Waals surface area contributed by atoms with E-state index in [0.717, 1.165) is 49.5 Å². The smallest absolute Gasteiger partial charge is 0.433 e. The van der Waals surface area contributed by atoms with Crippen LogP contribution in [0.4, 0.5) is 13.2 Å². The van der Waals surface area contributed by atoms with Gasteiger partial charge in [0.25, 0.3) is 0 Å². The van der Waals surface area contributed by atoms with E-state index in [1.807, 2.05) is 4.90 Å². The van der Waals surface area contributed by atoms with Crippen LogP contribution in [0.1, 0.15) is 31.4 Å². The lowest BCUT2D eigenvalue weighted by atomic mass is 9.73. The molecular weight excluding hydrogens is 311 g/mol. The zero-order chi connectivity index (χ0) is 16.6. The van der Waals surface area contributed by atoms with E-state index in [-0.39, 0.29) is 30.2 Å². The summed E-state index contributed by atoms with van der Waals surface area (Å²) >= 11 is 0. The molecule has 2 aliphatic rings. The molecule has 1 saturated carbocycles. The average molecular weight is 331 g/mol. The number of hydrogen-bond donors (Lipinski definition) is 0. The zero-order valence-corrected chi connectivity index (χ0v) is 13.0. The van der Waals surface area contributed by atoms with Crippen molar-refractivity contribution in [3.05, 3.63) is 11.8 Å². The summed E-state index contributed by atoms with van der Waals surface area (Å²) in [4.78, 5) is 14.2. The Labute approximate surface area is 132 Å². The molecule has 0 radical (unpaired) electrons. The highest BCUT2D eigenvalue weighted by Crippen LogP contribution is 2.37. The third-order valence-corrected chi connectivity index (χ3v) is 4.75. The summed E-state index contributed by atoms with van der Waals surface area (Å²) in [5, 5.41) is 3.73. The lowest BCUT2D eigenvalue weighted by molar-refractivity contribution is -0.143. The van der Waals surface area contributed by atoms with Crippen LogP contribution < -0.4 is 4.74 Å². The minimum Gasteiger partial charge on any atom is -0.476 e. The predicted molar refractivity (Wildman–Crippen MR) is 75.7 cm³/mol. The Kier molecular flexibility index (Phi) is 4.25. The minimum atomic E-state index is -4.45. The molecule has 1 aliphatic carbocycles. The topological polar surface area (TPSA) is 47.4 Å². The quantitative estimate of drug-likeness (QED) is 0.851. The third kappa shape index (κ3) is 3.30. The molecule has 0 bridgehead atoms. The molecule has 0 aromatic carbocycles. The van der Waals surface area contributed by atoms with Gasteiger partial charge in [0.15, 0.2) is 0 Å². The summed E-state index contributed by atoms with van der Waals surface area (Å²) in [6.07, 6.45) is -0.655. The van der Waals surface area contributed by atoms with Crippen LogP contribution in [0.25, 0.3) is 0 Å². The molecule has 1 saturated heterocycles. The number of nitrogens with zero attached hydrogens (tertiary/aromatic N) is 3. The van der Waals surface area contributed by atoms with Gasteiger partial charge in [-0.3, -0.25) is 9.48 Å². The van der Waals surface area contributed by atoms with Gasteiger partial charge in [-0.2, -0.15) is 13.2 Å². The Morgan fingerprint density at radius 3 is 2.57 bits per heavy atom. The Bertz CT molecular complexity index is 579. The summed E-state index contributed by atoms with van der Waals surface area (Å²) in [5.41, 5.74) is -0.842. The Balaban J connectivity index is 1.55. The van der Waals surface area contributed by atoms with Crippen LogP contribution in [-0.4, -0.2) is 40.3 Å². The van der Waals surface area contributed by atoms with E-state index in [0.29, 0.717) is 0 Å². The molecule has 128 valence electrons. The number of hydrogen-bond acceptors (Lipinski definition) is 3. The molecule has 23 heavy (non-hydrogen) atoms. The third-order valence-electron chi connectivity index (χ3n) is 4.75. The van der Waals surface area contributed by atoms with E-state index < -0.39 is 11.9 Å². The predicted octanol–water partition coefficient (Wildman–Crippen LogP) is 2.47. The average Bonchev–Trinajstić information content (AvgIpc) is 3.06. The summed E-state index contributed by atoms with van der Waals surface area (Å²) in [6, 6.07) is 0.899. The molecule has 5 nitrogen and oxygen atoms in total. The number of alkyl halides is 3. The van der Waals surface area contributed by atoms with Gasteiger partial charge >= 0.3 is 6.18 Å². The van der Waals surface area contributed by atoms with Crippen molar-refractivity contribution < 1.29 is 22.7 Å². The Hall–Kier alpha value is -1.73. The lowest BCUT2D eigenvalue weighted by Gasteiger charge is -2.37. The van der Waals surface area contributed by atoms with Crippen LogP contribution in [0.3, 0.4) is 0 Å². The van der Waals surface area contributed by atoms with E-state index in [2.05, 4.69) is 5.10 Å². The highest BCUT2D eigenvalue weighted by atomic mass is 19.4. The minimum absolute atomic E-state index is 0.0425. The van der Waals surface area contributed by atoms with Gasteiger partial charge < -0.3 is 9.64 Å². The Morgan fingerprint density at radius 2 is 2.04 bits per heavy atom. The normalized spacial score (nSPS) is 24.6. The van der Waals surface area contributed by atoms with Crippen LogP contribution >= 0.6 is 0 Å². The second kappa shape index (κ2) is 6.05. The van der Waals surface area contributed by atoms with Crippen LogP contribution in [-0.2, 0) is 18.0 Å². The van der Waals surface area contributed by atoms with Crippen molar-refractivity contribution in [2.24, 2.45) is 18.9 Å². The number of carbonyl (C=O) groups excluding carboxylic acids is 1. The maximum Gasteiger partial charge on any atom is 0.433 e. The van der Waals surface area contributed by atoms with Gasteiger partial charge in [-0.1, -0.05) is 0 Å². The van der Waals surface area contributed by atoms with E-state index >= 15 is 0 Å². The van der Waals surface area contributed by atoms with Gasteiger partial charge in [0.1, 0.15) is 5.69 Å². The van der Waals surface area contributed by atoms with Gasteiger partial charge in [-0.05, 0) is 25.7 Å². The number of halogens is 3. The van der Waals surface area contributed by atoms with Gasteiger partial charge in [-0.25, -0.2) is 0 Å². The van der Waals surface area contributed by atoms with Crippen molar-refractivity contribution in [1.29, 1.82) is 0 Å². The van der Waals surface area contributed by atoms with E-state index in [9.17, 15) is 18.0 Å². The number of rotatable bonds is 4. The first-order valence-electron chi connectivity index (χ1n) is 7.89. The fourth-order valence-electron chi connectivity index (χ4n) is 3.23. The monoisotopic (exact) mass is 331 g/mol. The highest BCUT2D eigenvalue weighted by Gasteiger charge is 2.40. The number of carbonyl (C=O) groups is 1. The van der Waals surface area contributed by atoms with E-state index in [1.165, 1.54) is 7.05 Å².